The van der Waals surface area contributed by atoms with Gasteiger partial charge in [0.25, 0.3) is 0 Å². The number of carbonyl (C=O) groups is 2. The minimum Gasteiger partial charge on any atom is -0.342 e. The van der Waals surface area contributed by atoms with Gasteiger partial charge >= 0.3 is 0 Å². The maximum Gasteiger partial charge on any atom is 0.242 e. The third-order valence-corrected chi connectivity index (χ3v) is 6.59. The van der Waals surface area contributed by atoms with Crippen LogP contribution in [0.2, 0.25) is 0 Å². The number of pyridine rings is 1. The van der Waals surface area contributed by atoms with Crippen molar-refractivity contribution in [3.8, 4) is 0 Å². The Labute approximate surface area is 194 Å². The zero-order chi connectivity index (χ0) is 23.4. The summed E-state index contributed by atoms with van der Waals surface area (Å²) >= 11 is 0. The highest BCUT2D eigenvalue weighted by Crippen LogP contribution is 2.19. The highest BCUT2D eigenvalue weighted by molar-refractivity contribution is 5.94. The van der Waals surface area contributed by atoms with Crippen molar-refractivity contribution in [2.45, 2.75) is 26.8 Å². The molecule has 4 rings (SSSR count). The van der Waals surface area contributed by atoms with E-state index in [1.807, 2.05) is 76.7 Å². The molecule has 0 bridgehead atoms. The van der Waals surface area contributed by atoms with Crippen LogP contribution in [0.3, 0.4) is 0 Å². The van der Waals surface area contributed by atoms with Gasteiger partial charge in [0.05, 0.1) is 17.6 Å². The molecule has 1 aromatic heterocycles. The van der Waals surface area contributed by atoms with Gasteiger partial charge in [-0.25, -0.2) is 0 Å². The minimum atomic E-state index is -0.00631. The van der Waals surface area contributed by atoms with Gasteiger partial charge < -0.3 is 14.4 Å². The zero-order valence-electron chi connectivity index (χ0n) is 19.5. The summed E-state index contributed by atoms with van der Waals surface area (Å²) in [6.45, 7) is 8.77. The van der Waals surface area contributed by atoms with Gasteiger partial charge in [0.2, 0.25) is 11.8 Å². The number of aromatic nitrogens is 1. The van der Waals surface area contributed by atoms with Gasteiger partial charge in [0, 0.05) is 50.0 Å². The number of nitrogens with zero attached hydrogens (tertiary/aromatic N) is 4. The summed E-state index contributed by atoms with van der Waals surface area (Å²) in [7, 11) is 0. The monoisotopic (exact) mass is 448 g/mol. The second-order valence-electron chi connectivity index (χ2n) is 8.53. The molecule has 0 radical (unpaired) electrons. The summed E-state index contributed by atoms with van der Waals surface area (Å²) in [6.07, 6.45) is 0.836. The van der Waals surface area contributed by atoms with E-state index in [4.69, 9.17) is 0 Å². The van der Waals surface area contributed by atoms with Crippen LogP contribution in [0.4, 0.5) is 0 Å². The molecule has 174 valence electrons. The standard InChI is InChI=1S/C26H32N4O3/c1-3-28(4-2)24(31)18-27-14-9-15-29(17-16-27)25(32)19-30-22-12-7-5-10-20(22)26(33)21-11-6-8-13-23(21)30/h5-8,10-13H,3-4,9,14-19H2,1-2H3. The van der Waals surface area contributed by atoms with Crippen LogP contribution >= 0.6 is 0 Å². The van der Waals surface area contributed by atoms with Gasteiger partial charge in [-0.2, -0.15) is 0 Å². The molecular formula is C26H32N4O3. The number of hydrogen-bond acceptors (Lipinski definition) is 4. The van der Waals surface area contributed by atoms with E-state index in [0.717, 1.165) is 37.1 Å². The van der Waals surface area contributed by atoms with E-state index < -0.39 is 0 Å². The van der Waals surface area contributed by atoms with Crippen molar-refractivity contribution >= 4 is 33.6 Å². The van der Waals surface area contributed by atoms with Crippen LogP contribution in [0.1, 0.15) is 20.3 Å². The first-order valence-electron chi connectivity index (χ1n) is 11.8. The molecule has 7 heteroatoms. The molecule has 1 saturated heterocycles. The third kappa shape index (κ3) is 4.78. The van der Waals surface area contributed by atoms with Crippen LogP contribution in [0.25, 0.3) is 21.8 Å². The van der Waals surface area contributed by atoms with E-state index in [1.165, 1.54) is 0 Å². The molecule has 2 amide bonds. The molecular weight excluding hydrogens is 416 g/mol. The molecule has 0 unspecified atom stereocenters. The molecule has 0 N–H and O–H groups in total. The molecule has 0 saturated carbocycles. The predicted molar refractivity (Wildman–Crippen MR) is 131 cm³/mol. The van der Waals surface area contributed by atoms with Crippen LogP contribution in [0.5, 0.6) is 0 Å². The van der Waals surface area contributed by atoms with Crippen LogP contribution in [0, 0.1) is 0 Å². The van der Waals surface area contributed by atoms with Crippen LogP contribution in [-0.2, 0) is 16.1 Å². The molecule has 0 aliphatic carbocycles. The topological polar surface area (TPSA) is 65.9 Å². The van der Waals surface area contributed by atoms with Gasteiger partial charge in [-0.15, -0.1) is 0 Å². The summed E-state index contributed by atoms with van der Waals surface area (Å²) in [4.78, 5) is 44.7. The number of para-hydroxylation sites is 2. The molecule has 2 heterocycles. The van der Waals surface area contributed by atoms with E-state index in [0.29, 0.717) is 37.0 Å². The second-order valence-corrected chi connectivity index (χ2v) is 8.53. The summed E-state index contributed by atoms with van der Waals surface area (Å²) in [5.41, 5.74) is 1.54. The summed E-state index contributed by atoms with van der Waals surface area (Å²) in [6, 6.07) is 15.0. The first-order valence-corrected chi connectivity index (χ1v) is 11.8. The van der Waals surface area contributed by atoms with E-state index in [2.05, 4.69) is 4.90 Å². The molecule has 33 heavy (non-hydrogen) atoms. The minimum absolute atomic E-state index is 0.00631. The fourth-order valence-electron chi connectivity index (χ4n) is 4.73. The average molecular weight is 449 g/mol. The van der Waals surface area contributed by atoms with Gasteiger partial charge in [-0.05, 0) is 44.5 Å². The molecule has 1 aliphatic rings. The first kappa shape index (κ1) is 23.0. The van der Waals surface area contributed by atoms with Gasteiger partial charge in [0.15, 0.2) is 5.43 Å². The Kier molecular flexibility index (Phi) is 7.08. The number of rotatable bonds is 6. The van der Waals surface area contributed by atoms with Crippen molar-refractivity contribution in [2.75, 3.05) is 45.8 Å². The Hall–Kier alpha value is -3.19. The smallest absolute Gasteiger partial charge is 0.242 e. The lowest BCUT2D eigenvalue weighted by Gasteiger charge is -2.25. The van der Waals surface area contributed by atoms with Gasteiger partial charge in [-0.3, -0.25) is 19.3 Å². The largest absolute Gasteiger partial charge is 0.342 e. The lowest BCUT2D eigenvalue weighted by Crippen LogP contribution is -2.42. The van der Waals surface area contributed by atoms with E-state index >= 15 is 0 Å². The Morgan fingerprint density at radius 1 is 0.818 bits per heavy atom. The van der Waals surface area contributed by atoms with Crippen LogP contribution < -0.4 is 5.43 Å². The molecule has 0 atom stereocenters. The quantitative estimate of drug-likeness (QED) is 0.544. The summed E-state index contributed by atoms with van der Waals surface area (Å²) in [5.74, 6) is 0.178. The van der Waals surface area contributed by atoms with Crippen molar-refractivity contribution in [1.82, 2.24) is 19.3 Å². The third-order valence-electron chi connectivity index (χ3n) is 6.59. The summed E-state index contributed by atoms with van der Waals surface area (Å²) in [5, 5.41) is 1.25. The second kappa shape index (κ2) is 10.2. The maximum atomic E-state index is 13.4. The van der Waals surface area contributed by atoms with Crippen molar-refractivity contribution in [2.24, 2.45) is 0 Å². The van der Waals surface area contributed by atoms with E-state index in [-0.39, 0.29) is 23.8 Å². The van der Waals surface area contributed by atoms with Crippen LogP contribution in [-0.4, -0.2) is 76.9 Å². The maximum absolute atomic E-state index is 13.4. The normalized spacial score (nSPS) is 15.0. The van der Waals surface area contributed by atoms with Gasteiger partial charge in [-0.1, -0.05) is 24.3 Å². The first-order chi connectivity index (χ1) is 16.0. The lowest BCUT2D eigenvalue weighted by atomic mass is 10.1. The molecule has 3 aromatic rings. The predicted octanol–water partition coefficient (Wildman–Crippen LogP) is 2.56. The SMILES string of the molecule is CCN(CC)C(=O)CN1CCCN(C(=O)Cn2c3ccccc3c(=O)c3ccccc32)CC1. The fourth-order valence-corrected chi connectivity index (χ4v) is 4.73. The molecule has 1 aliphatic heterocycles. The Bertz CT molecular complexity index is 1160. The van der Waals surface area contributed by atoms with Crippen molar-refractivity contribution in [1.29, 1.82) is 0 Å². The van der Waals surface area contributed by atoms with Gasteiger partial charge in [0.1, 0.15) is 6.54 Å². The van der Waals surface area contributed by atoms with Crippen molar-refractivity contribution < 1.29 is 9.59 Å². The number of likely N-dealkylation sites (N-methyl/N-ethyl adjacent to an activating group) is 1. The van der Waals surface area contributed by atoms with Crippen molar-refractivity contribution in [3.05, 3.63) is 58.8 Å². The number of carbonyl (C=O) groups excluding carboxylic acids is 2. The number of benzene rings is 2. The van der Waals surface area contributed by atoms with E-state index in [9.17, 15) is 14.4 Å². The molecule has 7 nitrogen and oxygen atoms in total. The Balaban J connectivity index is 1.53. The zero-order valence-corrected chi connectivity index (χ0v) is 19.5. The molecule has 2 aromatic carbocycles. The number of hydrogen-bond donors (Lipinski definition) is 0. The van der Waals surface area contributed by atoms with Crippen LogP contribution in [0.15, 0.2) is 53.3 Å². The Morgan fingerprint density at radius 2 is 1.42 bits per heavy atom. The lowest BCUT2D eigenvalue weighted by molar-refractivity contribution is -0.132. The van der Waals surface area contributed by atoms with Crippen molar-refractivity contribution in [3.63, 3.8) is 0 Å². The molecule has 1 fully saturated rings. The highest BCUT2D eigenvalue weighted by atomic mass is 16.2. The number of amides is 2. The summed E-state index contributed by atoms with van der Waals surface area (Å²) < 4.78 is 1.96. The fraction of sp³-hybridized carbons (Fsp3) is 0.423. The number of fused-ring (bicyclic) bond motifs is 2. The van der Waals surface area contributed by atoms with E-state index in [1.54, 1.807) is 0 Å². The Morgan fingerprint density at radius 3 is 2.03 bits per heavy atom. The molecule has 0 spiro atoms. The highest BCUT2D eigenvalue weighted by Gasteiger charge is 2.23. The average Bonchev–Trinajstić information content (AvgIpc) is 3.08.